The quantitative estimate of drug-likeness (QED) is 0.493. The Kier molecular flexibility index (Phi) is 5.57. The van der Waals surface area contributed by atoms with E-state index < -0.39 is 0 Å². The molecule has 0 aliphatic rings. The number of aryl methyl sites for hydroxylation is 1. The molecule has 0 bridgehead atoms. The molecule has 0 saturated carbocycles. The monoisotopic (exact) mass is 381 g/mol. The number of benzene rings is 2. The van der Waals surface area contributed by atoms with Gasteiger partial charge in [-0.05, 0) is 49.4 Å². The molecule has 0 aliphatic carbocycles. The molecular weight excluding hydrogens is 362 g/mol. The molecular formula is C21H19NO4S. The molecule has 138 valence electrons. The van der Waals surface area contributed by atoms with Gasteiger partial charge in [0.25, 0.3) is 0 Å². The van der Waals surface area contributed by atoms with E-state index in [1.54, 1.807) is 50.6 Å². The van der Waals surface area contributed by atoms with Crippen LogP contribution in [0.4, 0.5) is 0 Å². The van der Waals surface area contributed by atoms with Crippen molar-refractivity contribution in [1.29, 1.82) is 0 Å². The largest absolute Gasteiger partial charge is 0.508 e. The van der Waals surface area contributed by atoms with Crippen LogP contribution in [0.2, 0.25) is 0 Å². The second-order valence-electron chi connectivity index (χ2n) is 5.76. The number of phenols is 1. The van der Waals surface area contributed by atoms with Crippen LogP contribution in [0.15, 0.2) is 48.5 Å². The fraction of sp³-hybridized carbons (Fsp3) is 0.143. The highest BCUT2D eigenvalue weighted by Gasteiger charge is 2.15. The number of hydrogen-bond acceptors (Lipinski definition) is 6. The fourth-order valence-electron chi connectivity index (χ4n) is 2.64. The molecule has 0 radical (unpaired) electrons. The summed E-state index contributed by atoms with van der Waals surface area (Å²) >= 11 is 1.33. The van der Waals surface area contributed by atoms with E-state index in [2.05, 4.69) is 4.98 Å². The molecule has 6 heteroatoms. The third kappa shape index (κ3) is 4.01. The fourth-order valence-corrected chi connectivity index (χ4v) is 3.63. The standard InChI is InChI=1S/C21H19NO4S/c1-13-20(27-21(22-13)15-7-10-16(23)11-8-15)17(24)12-9-14-5-4-6-18(25-2)19(14)26-3/h4-12,23H,1-3H3/b12-9+. The first-order valence-electron chi connectivity index (χ1n) is 8.23. The number of aromatic nitrogens is 1. The minimum atomic E-state index is -0.125. The van der Waals surface area contributed by atoms with Crippen molar-refractivity contribution >= 4 is 23.2 Å². The number of methoxy groups -OCH3 is 2. The predicted octanol–water partition coefficient (Wildman–Crippen LogP) is 4.74. The maximum Gasteiger partial charge on any atom is 0.197 e. The maximum absolute atomic E-state index is 12.7. The molecule has 3 aromatic rings. The Bertz CT molecular complexity index is 990. The van der Waals surface area contributed by atoms with E-state index in [4.69, 9.17) is 9.47 Å². The highest BCUT2D eigenvalue weighted by molar-refractivity contribution is 7.17. The molecule has 1 aromatic heterocycles. The first-order valence-corrected chi connectivity index (χ1v) is 9.05. The summed E-state index contributed by atoms with van der Waals surface area (Å²) in [5, 5.41) is 10.1. The lowest BCUT2D eigenvalue weighted by Crippen LogP contribution is -1.95. The molecule has 0 spiro atoms. The van der Waals surface area contributed by atoms with E-state index >= 15 is 0 Å². The number of thiazole rings is 1. The molecule has 27 heavy (non-hydrogen) atoms. The van der Waals surface area contributed by atoms with Crippen LogP contribution in [0.25, 0.3) is 16.6 Å². The lowest BCUT2D eigenvalue weighted by molar-refractivity contribution is 0.105. The van der Waals surface area contributed by atoms with Crippen LogP contribution >= 0.6 is 11.3 Å². The number of ether oxygens (including phenoxy) is 2. The average molecular weight is 381 g/mol. The van der Waals surface area contributed by atoms with Crippen LogP contribution in [0.5, 0.6) is 17.2 Å². The molecule has 0 fully saturated rings. The second-order valence-corrected chi connectivity index (χ2v) is 6.76. The Hall–Kier alpha value is -3.12. The van der Waals surface area contributed by atoms with E-state index in [1.165, 1.54) is 17.4 Å². The molecule has 0 atom stereocenters. The van der Waals surface area contributed by atoms with Gasteiger partial charge in [-0.2, -0.15) is 0 Å². The number of phenolic OH excluding ortho intramolecular Hbond substituents is 1. The van der Waals surface area contributed by atoms with Crippen molar-refractivity contribution in [1.82, 2.24) is 4.98 Å². The number of ketones is 1. The number of aromatic hydroxyl groups is 1. The molecule has 2 aromatic carbocycles. The number of carbonyl (C=O) groups excluding carboxylic acids is 1. The summed E-state index contributed by atoms with van der Waals surface area (Å²) < 4.78 is 10.7. The predicted molar refractivity (Wildman–Crippen MR) is 107 cm³/mol. The van der Waals surface area contributed by atoms with Crippen LogP contribution < -0.4 is 9.47 Å². The number of carbonyl (C=O) groups is 1. The number of hydrogen-bond donors (Lipinski definition) is 1. The highest BCUT2D eigenvalue weighted by atomic mass is 32.1. The van der Waals surface area contributed by atoms with Crippen molar-refractivity contribution in [2.45, 2.75) is 6.92 Å². The Morgan fingerprint density at radius 2 is 1.85 bits per heavy atom. The zero-order valence-corrected chi connectivity index (χ0v) is 16.0. The van der Waals surface area contributed by atoms with E-state index in [-0.39, 0.29) is 11.5 Å². The van der Waals surface area contributed by atoms with Gasteiger partial charge in [0.1, 0.15) is 10.8 Å². The summed E-state index contributed by atoms with van der Waals surface area (Å²) in [5.74, 6) is 1.25. The van der Waals surface area contributed by atoms with Crippen LogP contribution in [0.3, 0.4) is 0 Å². The van der Waals surface area contributed by atoms with Gasteiger partial charge < -0.3 is 14.6 Å². The van der Waals surface area contributed by atoms with E-state index in [0.29, 0.717) is 22.1 Å². The third-order valence-corrected chi connectivity index (χ3v) is 5.20. The molecule has 1 heterocycles. The van der Waals surface area contributed by atoms with Crippen LogP contribution in [0, 0.1) is 6.92 Å². The van der Waals surface area contributed by atoms with Crippen molar-refractivity contribution in [2.24, 2.45) is 0 Å². The van der Waals surface area contributed by atoms with Gasteiger partial charge in [0.05, 0.1) is 24.8 Å². The number of para-hydroxylation sites is 1. The smallest absolute Gasteiger partial charge is 0.197 e. The Balaban J connectivity index is 1.87. The maximum atomic E-state index is 12.7. The molecule has 1 N–H and O–H groups in total. The van der Waals surface area contributed by atoms with Gasteiger partial charge in [0, 0.05) is 11.1 Å². The zero-order chi connectivity index (χ0) is 19.4. The van der Waals surface area contributed by atoms with Crippen molar-refractivity contribution in [3.63, 3.8) is 0 Å². The van der Waals surface area contributed by atoms with Crippen LogP contribution in [-0.2, 0) is 0 Å². The molecule has 0 unspecified atom stereocenters. The lowest BCUT2D eigenvalue weighted by Gasteiger charge is -2.09. The molecule has 5 nitrogen and oxygen atoms in total. The zero-order valence-electron chi connectivity index (χ0n) is 15.2. The summed E-state index contributed by atoms with van der Waals surface area (Å²) in [6.45, 7) is 1.81. The van der Waals surface area contributed by atoms with Crippen molar-refractivity contribution < 1.29 is 19.4 Å². The Morgan fingerprint density at radius 3 is 2.52 bits per heavy atom. The van der Waals surface area contributed by atoms with Gasteiger partial charge in [-0.15, -0.1) is 11.3 Å². The normalized spacial score (nSPS) is 10.9. The van der Waals surface area contributed by atoms with Crippen LogP contribution in [-0.4, -0.2) is 30.1 Å². The Labute approximate surface area is 161 Å². The molecule has 3 rings (SSSR count). The van der Waals surface area contributed by atoms with Crippen molar-refractivity contribution in [3.8, 4) is 27.8 Å². The van der Waals surface area contributed by atoms with Crippen molar-refractivity contribution in [2.75, 3.05) is 14.2 Å². The minimum absolute atomic E-state index is 0.125. The summed E-state index contributed by atoms with van der Waals surface area (Å²) in [6.07, 6.45) is 3.22. The molecule has 0 saturated heterocycles. The van der Waals surface area contributed by atoms with Gasteiger partial charge >= 0.3 is 0 Å². The van der Waals surface area contributed by atoms with Gasteiger partial charge in [-0.1, -0.05) is 12.1 Å². The summed E-state index contributed by atoms with van der Waals surface area (Å²) in [6, 6.07) is 12.2. The summed E-state index contributed by atoms with van der Waals surface area (Å²) in [4.78, 5) is 17.7. The number of rotatable bonds is 6. The summed E-state index contributed by atoms with van der Waals surface area (Å²) in [7, 11) is 3.14. The van der Waals surface area contributed by atoms with E-state index in [0.717, 1.165) is 16.1 Å². The van der Waals surface area contributed by atoms with Gasteiger partial charge in [0.2, 0.25) is 0 Å². The van der Waals surface area contributed by atoms with Gasteiger partial charge in [-0.3, -0.25) is 4.79 Å². The molecule has 0 amide bonds. The van der Waals surface area contributed by atoms with Gasteiger partial charge in [-0.25, -0.2) is 4.98 Å². The first-order chi connectivity index (χ1) is 13.0. The molecule has 0 aliphatic heterocycles. The third-order valence-electron chi connectivity index (χ3n) is 3.98. The number of nitrogens with zero attached hydrogens (tertiary/aromatic N) is 1. The van der Waals surface area contributed by atoms with Gasteiger partial charge in [0.15, 0.2) is 17.3 Å². The van der Waals surface area contributed by atoms with Crippen molar-refractivity contribution in [3.05, 3.63) is 64.7 Å². The first kappa shape index (κ1) is 18.7. The van der Waals surface area contributed by atoms with Crippen LogP contribution in [0.1, 0.15) is 20.9 Å². The topological polar surface area (TPSA) is 68.7 Å². The van der Waals surface area contributed by atoms with E-state index in [9.17, 15) is 9.90 Å². The second kappa shape index (κ2) is 8.05. The highest BCUT2D eigenvalue weighted by Crippen LogP contribution is 2.32. The summed E-state index contributed by atoms with van der Waals surface area (Å²) in [5.41, 5.74) is 2.29. The number of allylic oxidation sites excluding steroid dienone is 1. The van der Waals surface area contributed by atoms with E-state index in [1.807, 2.05) is 19.1 Å². The lowest BCUT2D eigenvalue weighted by atomic mass is 10.1. The SMILES string of the molecule is COc1cccc(/C=C/C(=O)c2sc(-c3ccc(O)cc3)nc2C)c1OC. The average Bonchev–Trinajstić information content (AvgIpc) is 3.07. The minimum Gasteiger partial charge on any atom is -0.508 e. The Morgan fingerprint density at radius 1 is 1.11 bits per heavy atom.